The van der Waals surface area contributed by atoms with Crippen molar-refractivity contribution in [3.63, 3.8) is 0 Å². The summed E-state index contributed by atoms with van der Waals surface area (Å²) in [6.07, 6.45) is -2.24. The number of hydrogen-bond donors (Lipinski definition) is 1. The molecular weight excluding hydrogens is 383 g/mol. The highest BCUT2D eigenvalue weighted by molar-refractivity contribution is 6.32. The summed E-state index contributed by atoms with van der Waals surface area (Å²) >= 11 is 5.87. The number of carbonyl (C=O) groups excluding carboxylic acids is 2. The minimum Gasteiger partial charge on any atom is -0.462 e. The second kappa shape index (κ2) is 8.73. The summed E-state index contributed by atoms with van der Waals surface area (Å²) in [4.78, 5) is 23.5. The molecule has 0 unspecified atom stereocenters. The average molecular weight is 398 g/mol. The van der Waals surface area contributed by atoms with E-state index >= 15 is 0 Å². The molecule has 2 aromatic rings. The van der Waals surface area contributed by atoms with Crippen LogP contribution >= 0.6 is 11.6 Å². The fourth-order valence-corrected chi connectivity index (χ4v) is 2.28. The highest BCUT2D eigenvalue weighted by atomic mass is 35.5. The van der Waals surface area contributed by atoms with Crippen molar-refractivity contribution in [3.8, 4) is 0 Å². The average Bonchev–Trinajstić information content (AvgIpc) is 2.61. The number of anilines is 1. The largest absolute Gasteiger partial charge is 0.462 e. The molecule has 8 heteroatoms. The summed E-state index contributed by atoms with van der Waals surface area (Å²) in [6.45, 7) is 1.94. The summed E-state index contributed by atoms with van der Waals surface area (Å²) in [5.74, 6) is -1.04. The number of nitrogens with one attached hydrogen (secondary N) is 1. The number of alkyl halides is 3. The summed E-state index contributed by atoms with van der Waals surface area (Å²) < 4.78 is 43.1. The van der Waals surface area contributed by atoms with Gasteiger partial charge in [-0.15, -0.1) is 0 Å². The summed E-state index contributed by atoms with van der Waals surface area (Å²) in [6, 6.07) is 8.84. The van der Waals surface area contributed by atoms with Crippen molar-refractivity contribution in [1.29, 1.82) is 0 Å². The van der Waals surface area contributed by atoms with Crippen LogP contribution in [0.1, 0.15) is 28.4 Å². The number of ether oxygens (including phenoxy) is 1. The van der Waals surface area contributed by atoms with E-state index in [1.165, 1.54) is 30.3 Å². The van der Waals surface area contributed by atoms with Crippen molar-refractivity contribution >= 4 is 35.2 Å². The Balaban J connectivity index is 2.06. The maximum atomic E-state index is 12.7. The lowest BCUT2D eigenvalue weighted by Crippen LogP contribution is -2.09. The van der Waals surface area contributed by atoms with E-state index in [0.717, 1.165) is 24.3 Å². The first kappa shape index (κ1) is 20.5. The van der Waals surface area contributed by atoms with Crippen molar-refractivity contribution in [1.82, 2.24) is 0 Å². The molecule has 0 fully saturated rings. The fraction of sp³-hybridized carbons (Fsp3) is 0.158. The maximum absolute atomic E-state index is 12.7. The third-order valence-corrected chi connectivity index (χ3v) is 3.75. The van der Waals surface area contributed by atoms with Gasteiger partial charge in [-0.2, -0.15) is 13.2 Å². The van der Waals surface area contributed by atoms with Gasteiger partial charge in [0.1, 0.15) is 0 Å². The molecule has 0 saturated carbocycles. The van der Waals surface area contributed by atoms with Crippen LogP contribution in [0.2, 0.25) is 5.02 Å². The van der Waals surface area contributed by atoms with Crippen LogP contribution < -0.4 is 5.32 Å². The molecule has 0 radical (unpaired) electrons. The van der Waals surface area contributed by atoms with Crippen LogP contribution in [0, 0.1) is 0 Å². The SMILES string of the molecule is CCOC(=O)c1ccc(NC(=O)/C=C/c2cc(C(F)(F)F)ccc2Cl)cc1. The molecule has 0 aliphatic rings. The van der Waals surface area contributed by atoms with Crippen LogP contribution in [-0.2, 0) is 15.7 Å². The minimum atomic E-state index is -4.50. The lowest BCUT2D eigenvalue weighted by Gasteiger charge is -2.08. The van der Waals surface area contributed by atoms with Gasteiger partial charge in [-0.3, -0.25) is 4.79 Å². The molecule has 0 bridgehead atoms. The summed E-state index contributed by atoms with van der Waals surface area (Å²) in [7, 11) is 0. The molecule has 0 aromatic heterocycles. The Bertz CT molecular complexity index is 861. The van der Waals surface area contributed by atoms with Crippen molar-refractivity contribution in [2.45, 2.75) is 13.1 Å². The molecule has 2 rings (SSSR count). The Labute approximate surface area is 158 Å². The predicted molar refractivity (Wildman–Crippen MR) is 96.5 cm³/mol. The van der Waals surface area contributed by atoms with E-state index in [-0.39, 0.29) is 17.2 Å². The molecule has 0 spiro atoms. The van der Waals surface area contributed by atoms with Crippen molar-refractivity contribution < 1.29 is 27.5 Å². The fourth-order valence-electron chi connectivity index (χ4n) is 2.10. The number of rotatable bonds is 5. The molecule has 0 aliphatic carbocycles. The Morgan fingerprint density at radius 1 is 1.15 bits per heavy atom. The topological polar surface area (TPSA) is 55.4 Å². The molecule has 2 aromatic carbocycles. The minimum absolute atomic E-state index is 0.0688. The van der Waals surface area contributed by atoms with Gasteiger partial charge in [-0.05, 0) is 61.0 Å². The number of hydrogen-bond acceptors (Lipinski definition) is 3. The van der Waals surface area contributed by atoms with Crippen LogP contribution in [-0.4, -0.2) is 18.5 Å². The van der Waals surface area contributed by atoms with Crippen LogP contribution in [0.25, 0.3) is 6.08 Å². The Morgan fingerprint density at radius 3 is 2.41 bits per heavy atom. The number of halogens is 4. The van der Waals surface area contributed by atoms with Crippen LogP contribution in [0.4, 0.5) is 18.9 Å². The molecular formula is C19H15ClF3NO3. The lowest BCUT2D eigenvalue weighted by atomic mass is 10.1. The van der Waals surface area contributed by atoms with Gasteiger partial charge >= 0.3 is 12.1 Å². The van der Waals surface area contributed by atoms with Gasteiger partial charge in [-0.25, -0.2) is 4.79 Å². The lowest BCUT2D eigenvalue weighted by molar-refractivity contribution is -0.137. The normalized spacial score (nSPS) is 11.4. The van der Waals surface area contributed by atoms with E-state index < -0.39 is 23.6 Å². The quantitative estimate of drug-likeness (QED) is 0.558. The van der Waals surface area contributed by atoms with Gasteiger partial charge in [0.2, 0.25) is 5.91 Å². The van der Waals surface area contributed by atoms with E-state index in [9.17, 15) is 22.8 Å². The highest BCUT2D eigenvalue weighted by Crippen LogP contribution is 2.32. The highest BCUT2D eigenvalue weighted by Gasteiger charge is 2.30. The zero-order chi connectivity index (χ0) is 20.0. The van der Waals surface area contributed by atoms with Crippen molar-refractivity contribution in [2.24, 2.45) is 0 Å². The second-order valence-corrected chi connectivity index (χ2v) is 5.76. The molecule has 0 atom stereocenters. The molecule has 4 nitrogen and oxygen atoms in total. The van der Waals surface area contributed by atoms with Gasteiger partial charge in [-0.1, -0.05) is 11.6 Å². The van der Waals surface area contributed by atoms with E-state index in [4.69, 9.17) is 16.3 Å². The van der Waals surface area contributed by atoms with Gasteiger partial charge in [0, 0.05) is 16.8 Å². The molecule has 0 saturated heterocycles. The molecule has 142 valence electrons. The summed E-state index contributed by atoms with van der Waals surface area (Å²) in [5.41, 5.74) is -0.0465. The third kappa shape index (κ3) is 5.86. The van der Waals surface area contributed by atoms with Crippen LogP contribution in [0.15, 0.2) is 48.5 Å². The number of carbonyl (C=O) groups is 2. The molecule has 27 heavy (non-hydrogen) atoms. The molecule has 0 heterocycles. The third-order valence-electron chi connectivity index (χ3n) is 3.40. The van der Waals surface area contributed by atoms with Gasteiger partial charge in [0.05, 0.1) is 17.7 Å². The smallest absolute Gasteiger partial charge is 0.416 e. The standard InChI is InChI=1S/C19H15ClF3NO3/c1-2-27-18(26)12-3-7-15(8-4-12)24-17(25)10-5-13-11-14(19(21,22)23)6-9-16(13)20/h3-11H,2H2,1H3,(H,24,25)/b10-5+. The van der Waals surface area contributed by atoms with E-state index in [1.54, 1.807) is 6.92 Å². The van der Waals surface area contributed by atoms with Crippen LogP contribution in [0.5, 0.6) is 0 Å². The molecule has 1 amide bonds. The zero-order valence-electron chi connectivity index (χ0n) is 14.1. The molecule has 1 N–H and O–H groups in total. The van der Waals surface area contributed by atoms with Gasteiger partial charge < -0.3 is 10.1 Å². The van der Waals surface area contributed by atoms with E-state index in [1.807, 2.05) is 0 Å². The van der Waals surface area contributed by atoms with Gasteiger partial charge in [0.15, 0.2) is 0 Å². The zero-order valence-corrected chi connectivity index (χ0v) is 14.9. The van der Waals surface area contributed by atoms with Gasteiger partial charge in [0.25, 0.3) is 0 Å². The maximum Gasteiger partial charge on any atom is 0.416 e. The summed E-state index contributed by atoms with van der Waals surface area (Å²) in [5, 5.41) is 2.62. The first-order chi connectivity index (χ1) is 12.7. The number of benzene rings is 2. The number of amides is 1. The Hall–Kier alpha value is -2.80. The van der Waals surface area contributed by atoms with Crippen LogP contribution in [0.3, 0.4) is 0 Å². The monoisotopic (exact) mass is 397 g/mol. The second-order valence-electron chi connectivity index (χ2n) is 5.35. The first-order valence-corrected chi connectivity index (χ1v) is 8.21. The molecule has 0 aliphatic heterocycles. The van der Waals surface area contributed by atoms with Crippen molar-refractivity contribution in [2.75, 3.05) is 11.9 Å². The van der Waals surface area contributed by atoms with E-state index in [2.05, 4.69) is 5.32 Å². The number of esters is 1. The predicted octanol–water partition coefficient (Wildman–Crippen LogP) is 5.19. The Kier molecular flexibility index (Phi) is 6.63. The Morgan fingerprint density at radius 2 is 1.81 bits per heavy atom. The first-order valence-electron chi connectivity index (χ1n) is 7.83. The van der Waals surface area contributed by atoms with Crippen molar-refractivity contribution in [3.05, 3.63) is 70.3 Å². The van der Waals surface area contributed by atoms with E-state index in [0.29, 0.717) is 11.3 Å².